The Morgan fingerprint density at radius 3 is 2.82 bits per heavy atom. The van der Waals surface area contributed by atoms with Gasteiger partial charge in [0.05, 0.1) is 12.7 Å². The molecule has 1 heterocycles. The number of ketones is 1. The van der Waals surface area contributed by atoms with Gasteiger partial charge in [-0.25, -0.2) is 4.98 Å². The van der Waals surface area contributed by atoms with E-state index in [0.717, 1.165) is 0 Å². The predicted molar refractivity (Wildman–Crippen MR) is 64.0 cm³/mol. The largest absolute Gasteiger partial charge is 0.496 e. The summed E-state index contributed by atoms with van der Waals surface area (Å²) < 4.78 is 6.81. The molecule has 0 unspecified atom stereocenters. The zero-order valence-corrected chi connectivity index (χ0v) is 9.68. The first-order valence-electron chi connectivity index (χ1n) is 5.09. The highest BCUT2D eigenvalue weighted by atomic mass is 16.5. The Bertz CT molecular complexity index is 561. The number of nitrogen functional groups attached to an aromatic ring is 1. The SMILES string of the molecule is COc1cc(N)ccc1C(=O)c1nccn1C. The van der Waals surface area contributed by atoms with Gasteiger partial charge in [-0.05, 0) is 12.1 Å². The lowest BCUT2D eigenvalue weighted by atomic mass is 10.1. The van der Waals surface area contributed by atoms with Crippen LogP contribution in [0.25, 0.3) is 0 Å². The molecular weight excluding hydrogens is 218 g/mol. The van der Waals surface area contributed by atoms with Crippen molar-refractivity contribution in [3.63, 3.8) is 0 Å². The number of carbonyl (C=O) groups is 1. The van der Waals surface area contributed by atoms with E-state index in [4.69, 9.17) is 10.5 Å². The second kappa shape index (κ2) is 4.29. The summed E-state index contributed by atoms with van der Waals surface area (Å²) in [7, 11) is 3.27. The first kappa shape index (κ1) is 11.2. The summed E-state index contributed by atoms with van der Waals surface area (Å²) >= 11 is 0. The molecule has 0 radical (unpaired) electrons. The Kier molecular flexibility index (Phi) is 2.82. The Balaban J connectivity index is 2.48. The number of hydrogen-bond donors (Lipinski definition) is 1. The number of aryl methyl sites for hydroxylation is 1. The highest BCUT2D eigenvalue weighted by molar-refractivity contribution is 6.08. The molecule has 2 N–H and O–H groups in total. The van der Waals surface area contributed by atoms with Crippen molar-refractivity contribution in [2.75, 3.05) is 12.8 Å². The maximum Gasteiger partial charge on any atom is 0.232 e. The minimum Gasteiger partial charge on any atom is -0.496 e. The number of nitrogens with two attached hydrogens (primary N) is 1. The van der Waals surface area contributed by atoms with Crippen LogP contribution in [0.5, 0.6) is 5.75 Å². The summed E-state index contributed by atoms with van der Waals surface area (Å²) in [5.74, 6) is 0.639. The van der Waals surface area contributed by atoms with Crippen LogP contribution in [0.3, 0.4) is 0 Å². The van der Waals surface area contributed by atoms with Crippen LogP contribution < -0.4 is 10.5 Å². The van der Waals surface area contributed by atoms with Gasteiger partial charge < -0.3 is 15.0 Å². The summed E-state index contributed by atoms with van der Waals surface area (Å²) in [6, 6.07) is 4.93. The van der Waals surface area contributed by atoms with Crippen molar-refractivity contribution in [1.82, 2.24) is 9.55 Å². The molecule has 1 aromatic heterocycles. The molecule has 0 amide bonds. The third-order valence-electron chi connectivity index (χ3n) is 2.49. The number of carbonyl (C=O) groups excluding carboxylic acids is 1. The number of aromatic nitrogens is 2. The lowest BCUT2D eigenvalue weighted by Crippen LogP contribution is -2.10. The van der Waals surface area contributed by atoms with Crippen LogP contribution in [-0.2, 0) is 7.05 Å². The fourth-order valence-corrected chi connectivity index (χ4v) is 1.60. The Morgan fingerprint density at radius 1 is 1.47 bits per heavy atom. The second-order valence-electron chi connectivity index (χ2n) is 3.65. The number of rotatable bonds is 3. The lowest BCUT2D eigenvalue weighted by molar-refractivity contribution is 0.102. The standard InChI is InChI=1S/C12H13N3O2/c1-15-6-5-14-12(15)11(16)9-4-3-8(13)7-10(9)17-2/h3-7H,13H2,1-2H3. The molecule has 0 bridgehead atoms. The van der Waals surface area contributed by atoms with Gasteiger partial charge in [-0.2, -0.15) is 0 Å². The van der Waals surface area contributed by atoms with E-state index in [9.17, 15) is 4.79 Å². The fourth-order valence-electron chi connectivity index (χ4n) is 1.60. The molecule has 0 fully saturated rings. The first-order valence-corrected chi connectivity index (χ1v) is 5.09. The van der Waals surface area contributed by atoms with E-state index < -0.39 is 0 Å². The van der Waals surface area contributed by atoms with Gasteiger partial charge in [0.25, 0.3) is 0 Å². The third-order valence-corrected chi connectivity index (χ3v) is 2.49. The Labute approximate surface area is 98.8 Å². The molecule has 0 spiro atoms. The summed E-state index contributed by atoms with van der Waals surface area (Å²) in [6.07, 6.45) is 3.30. The molecule has 0 aliphatic heterocycles. The lowest BCUT2D eigenvalue weighted by Gasteiger charge is -2.08. The van der Waals surface area contributed by atoms with Gasteiger partial charge in [0, 0.05) is 31.2 Å². The van der Waals surface area contributed by atoms with Crippen LogP contribution in [0, 0.1) is 0 Å². The molecule has 0 saturated heterocycles. The van der Waals surface area contributed by atoms with E-state index in [1.807, 2.05) is 0 Å². The van der Waals surface area contributed by atoms with Crippen LogP contribution in [0.4, 0.5) is 5.69 Å². The number of methoxy groups -OCH3 is 1. The smallest absolute Gasteiger partial charge is 0.232 e. The van der Waals surface area contributed by atoms with Gasteiger partial charge in [-0.1, -0.05) is 0 Å². The Morgan fingerprint density at radius 2 is 2.24 bits per heavy atom. The molecule has 0 aliphatic carbocycles. The van der Waals surface area contributed by atoms with Crippen LogP contribution >= 0.6 is 0 Å². The highest BCUT2D eigenvalue weighted by Gasteiger charge is 2.18. The molecule has 2 aromatic rings. The number of benzene rings is 1. The molecule has 0 atom stereocenters. The zero-order valence-electron chi connectivity index (χ0n) is 9.68. The van der Waals surface area contributed by atoms with Crippen LogP contribution in [0.15, 0.2) is 30.6 Å². The predicted octanol–water partition coefficient (Wildman–Crippen LogP) is 1.24. The molecule has 1 aromatic carbocycles. The van der Waals surface area contributed by atoms with Crippen molar-refractivity contribution >= 4 is 11.5 Å². The van der Waals surface area contributed by atoms with Gasteiger partial charge in [0.1, 0.15) is 5.75 Å². The summed E-state index contributed by atoms with van der Waals surface area (Å²) in [5, 5.41) is 0. The second-order valence-corrected chi connectivity index (χ2v) is 3.65. The normalized spacial score (nSPS) is 10.2. The molecule has 17 heavy (non-hydrogen) atoms. The minimum absolute atomic E-state index is 0.186. The van der Waals surface area contributed by atoms with Crippen LogP contribution in [-0.4, -0.2) is 22.4 Å². The molecule has 5 nitrogen and oxygen atoms in total. The number of ether oxygens (including phenoxy) is 1. The van der Waals surface area contributed by atoms with Crippen LogP contribution in [0.1, 0.15) is 16.2 Å². The third kappa shape index (κ3) is 1.99. The maximum absolute atomic E-state index is 12.2. The first-order chi connectivity index (χ1) is 8.13. The van der Waals surface area contributed by atoms with Crippen molar-refractivity contribution in [3.05, 3.63) is 42.0 Å². The molecule has 0 aliphatic rings. The van der Waals surface area contributed by atoms with Gasteiger partial charge in [-0.3, -0.25) is 4.79 Å². The van der Waals surface area contributed by atoms with E-state index in [1.54, 1.807) is 42.2 Å². The number of nitrogens with zero attached hydrogens (tertiary/aromatic N) is 2. The van der Waals surface area contributed by atoms with Gasteiger partial charge in [0.2, 0.25) is 5.78 Å². The Hall–Kier alpha value is -2.30. The van der Waals surface area contributed by atoms with Gasteiger partial charge in [0.15, 0.2) is 5.82 Å². The monoisotopic (exact) mass is 231 g/mol. The average molecular weight is 231 g/mol. The summed E-state index contributed by atoms with van der Waals surface area (Å²) in [5.41, 5.74) is 6.65. The van der Waals surface area contributed by atoms with Gasteiger partial charge in [-0.15, -0.1) is 0 Å². The minimum atomic E-state index is -0.186. The summed E-state index contributed by atoms with van der Waals surface area (Å²) in [6.45, 7) is 0. The highest BCUT2D eigenvalue weighted by Crippen LogP contribution is 2.23. The van der Waals surface area contributed by atoms with E-state index in [1.165, 1.54) is 7.11 Å². The summed E-state index contributed by atoms with van der Waals surface area (Å²) in [4.78, 5) is 16.2. The van der Waals surface area contributed by atoms with Crippen molar-refractivity contribution < 1.29 is 9.53 Å². The molecule has 2 rings (SSSR count). The van der Waals surface area contributed by atoms with Gasteiger partial charge >= 0.3 is 0 Å². The van der Waals surface area contributed by atoms with Crippen molar-refractivity contribution in [1.29, 1.82) is 0 Å². The zero-order chi connectivity index (χ0) is 12.4. The molecular formula is C12H13N3O2. The average Bonchev–Trinajstić information content (AvgIpc) is 2.74. The molecule has 0 saturated carbocycles. The maximum atomic E-state index is 12.2. The van der Waals surface area contributed by atoms with E-state index >= 15 is 0 Å². The van der Waals surface area contributed by atoms with Crippen molar-refractivity contribution in [2.45, 2.75) is 0 Å². The molecule has 5 heteroatoms. The van der Waals surface area contributed by atoms with E-state index in [-0.39, 0.29) is 5.78 Å². The molecule has 88 valence electrons. The number of imidazole rings is 1. The van der Waals surface area contributed by atoms with Crippen molar-refractivity contribution in [2.24, 2.45) is 7.05 Å². The van der Waals surface area contributed by atoms with E-state index in [0.29, 0.717) is 22.8 Å². The quantitative estimate of drug-likeness (QED) is 0.637. The number of hydrogen-bond acceptors (Lipinski definition) is 4. The van der Waals surface area contributed by atoms with Crippen LogP contribution in [0.2, 0.25) is 0 Å². The number of anilines is 1. The fraction of sp³-hybridized carbons (Fsp3) is 0.167. The van der Waals surface area contributed by atoms with E-state index in [2.05, 4.69) is 4.98 Å². The van der Waals surface area contributed by atoms with Crippen molar-refractivity contribution in [3.8, 4) is 5.75 Å². The topological polar surface area (TPSA) is 70.1 Å².